The van der Waals surface area contributed by atoms with Gasteiger partial charge in [-0.3, -0.25) is 0 Å². The number of hydrogen-bond acceptors (Lipinski definition) is 5. The summed E-state index contributed by atoms with van der Waals surface area (Å²) in [6.07, 6.45) is -0.380. The molecule has 0 aromatic carbocycles. The Bertz CT molecular complexity index is 273. The molecular weight excluding hydrogens is 180 g/mol. The normalized spacial score (nSPS) is 12.9. The topological polar surface area (TPSA) is 84.1 Å². The van der Waals surface area contributed by atoms with Gasteiger partial charge in [-0.15, -0.1) is 10.2 Å². The Morgan fingerprint density at radius 3 is 2.64 bits per heavy atom. The highest BCUT2D eigenvalue weighted by Crippen LogP contribution is 2.05. The van der Waals surface area contributed by atoms with Gasteiger partial charge >= 0.3 is 0 Å². The molecule has 0 saturated carbocycles. The second-order valence-corrected chi connectivity index (χ2v) is 3.54. The van der Waals surface area contributed by atoms with Crippen LogP contribution in [0.1, 0.15) is 13.8 Å². The number of aliphatic hydroxyl groups excluding tert-OH is 1. The monoisotopic (exact) mass is 196 g/mol. The molecule has 1 heterocycles. The van der Waals surface area contributed by atoms with Gasteiger partial charge in [0.2, 0.25) is 0 Å². The summed E-state index contributed by atoms with van der Waals surface area (Å²) < 4.78 is 0. The van der Waals surface area contributed by atoms with Crippen molar-refractivity contribution in [1.29, 1.82) is 0 Å². The molecule has 0 saturated heterocycles. The third-order valence-corrected chi connectivity index (χ3v) is 1.95. The molecule has 0 spiro atoms. The van der Waals surface area contributed by atoms with Crippen molar-refractivity contribution in [2.45, 2.75) is 20.0 Å². The first kappa shape index (κ1) is 10.7. The molecule has 78 valence electrons. The third-order valence-electron chi connectivity index (χ3n) is 1.95. The van der Waals surface area contributed by atoms with E-state index in [4.69, 9.17) is 5.73 Å². The number of anilines is 2. The molecule has 0 aliphatic carbocycles. The van der Waals surface area contributed by atoms with Gasteiger partial charge in [0.25, 0.3) is 0 Å². The van der Waals surface area contributed by atoms with Crippen molar-refractivity contribution in [2.75, 3.05) is 17.6 Å². The average molecular weight is 196 g/mol. The first-order chi connectivity index (χ1) is 6.59. The maximum atomic E-state index is 9.51. The largest absolute Gasteiger partial charge is 0.391 e. The fourth-order valence-corrected chi connectivity index (χ4v) is 0.882. The van der Waals surface area contributed by atoms with E-state index in [-0.39, 0.29) is 12.0 Å². The van der Waals surface area contributed by atoms with E-state index in [0.29, 0.717) is 18.2 Å². The lowest BCUT2D eigenvalue weighted by molar-refractivity contribution is 0.138. The summed E-state index contributed by atoms with van der Waals surface area (Å²) in [5, 5.41) is 20.0. The molecule has 5 nitrogen and oxygen atoms in total. The van der Waals surface area contributed by atoms with Gasteiger partial charge in [0.05, 0.1) is 6.10 Å². The van der Waals surface area contributed by atoms with Gasteiger partial charge in [0.15, 0.2) is 0 Å². The van der Waals surface area contributed by atoms with Crippen molar-refractivity contribution in [1.82, 2.24) is 10.2 Å². The Morgan fingerprint density at radius 2 is 2.14 bits per heavy atom. The summed E-state index contributed by atoms with van der Waals surface area (Å²) in [5.74, 6) is 1.24. The quantitative estimate of drug-likeness (QED) is 0.652. The summed E-state index contributed by atoms with van der Waals surface area (Å²) in [5.41, 5.74) is 5.38. The van der Waals surface area contributed by atoms with Crippen LogP contribution in [-0.4, -0.2) is 28.0 Å². The molecule has 0 radical (unpaired) electrons. The second-order valence-electron chi connectivity index (χ2n) is 3.54. The standard InChI is InChI=1S/C9H16N4O/c1-6(2)7(14)5-11-9-4-3-8(10)12-13-9/h3-4,6-7,14H,5H2,1-2H3,(H2,10,12)(H,11,13). The van der Waals surface area contributed by atoms with Crippen LogP contribution in [0.15, 0.2) is 12.1 Å². The Balaban J connectivity index is 2.42. The lowest BCUT2D eigenvalue weighted by atomic mass is 10.1. The van der Waals surface area contributed by atoms with E-state index >= 15 is 0 Å². The van der Waals surface area contributed by atoms with Crippen LogP contribution >= 0.6 is 0 Å². The van der Waals surface area contributed by atoms with Gasteiger partial charge < -0.3 is 16.2 Å². The maximum absolute atomic E-state index is 9.51. The Kier molecular flexibility index (Phi) is 3.64. The van der Waals surface area contributed by atoms with Gasteiger partial charge in [-0.1, -0.05) is 13.8 Å². The number of nitrogens with two attached hydrogens (primary N) is 1. The molecule has 1 rings (SSSR count). The highest BCUT2D eigenvalue weighted by atomic mass is 16.3. The van der Waals surface area contributed by atoms with Gasteiger partial charge in [-0.2, -0.15) is 0 Å². The van der Waals surface area contributed by atoms with Crippen LogP contribution in [0.2, 0.25) is 0 Å². The zero-order chi connectivity index (χ0) is 10.6. The van der Waals surface area contributed by atoms with Gasteiger partial charge in [0, 0.05) is 6.54 Å². The van der Waals surface area contributed by atoms with E-state index in [0.717, 1.165) is 0 Å². The molecular formula is C9H16N4O. The van der Waals surface area contributed by atoms with Crippen LogP contribution in [0.25, 0.3) is 0 Å². The first-order valence-electron chi connectivity index (χ1n) is 4.60. The zero-order valence-electron chi connectivity index (χ0n) is 8.44. The van der Waals surface area contributed by atoms with E-state index in [9.17, 15) is 5.11 Å². The molecule has 0 aliphatic rings. The number of nitrogens with zero attached hydrogens (tertiary/aromatic N) is 2. The minimum atomic E-state index is -0.380. The molecule has 4 N–H and O–H groups in total. The van der Waals surface area contributed by atoms with Crippen LogP contribution in [0.5, 0.6) is 0 Å². The number of aliphatic hydroxyl groups is 1. The molecule has 0 fully saturated rings. The number of rotatable bonds is 4. The van der Waals surface area contributed by atoms with Crippen LogP contribution in [0.3, 0.4) is 0 Å². The summed E-state index contributed by atoms with van der Waals surface area (Å²) in [7, 11) is 0. The summed E-state index contributed by atoms with van der Waals surface area (Å²) in [4.78, 5) is 0. The van der Waals surface area contributed by atoms with Crippen molar-refractivity contribution in [2.24, 2.45) is 5.92 Å². The first-order valence-corrected chi connectivity index (χ1v) is 4.60. The molecule has 1 aromatic rings. The average Bonchev–Trinajstić information content (AvgIpc) is 2.16. The minimum Gasteiger partial charge on any atom is -0.391 e. The molecule has 14 heavy (non-hydrogen) atoms. The highest BCUT2D eigenvalue weighted by molar-refractivity contribution is 5.38. The highest BCUT2D eigenvalue weighted by Gasteiger charge is 2.08. The summed E-state index contributed by atoms with van der Waals surface area (Å²) >= 11 is 0. The number of aromatic nitrogens is 2. The molecule has 1 aromatic heterocycles. The molecule has 1 unspecified atom stereocenters. The smallest absolute Gasteiger partial charge is 0.148 e. The SMILES string of the molecule is CC(C)C(O)CNc1ccc(N)nn1. The zero-order valence-corrected chi connectivity index (χ0v) is 8.44. The molecule has 1 atom stereocenters. The van der Waals surface area contributed by atoms with Gasteiger partial charge in [-0.25, -0.2) is 0 Å². The summed E-state index contributed by atoms with van der Waals surface area (Å²) in [6, 6.07) is 3.40. The van der Waals surface area contributed by atoms with Crippen molar-refractivity contribution >= 4 is 11.6 Å². The van der Waals surface area contributed by atoms with Crippen molar-refractivity contribution < 1.29 is 5.11 Å². The number of hydrogen-bond donors (Lipinski definition) is 3. The van der Waals surface area contributed by atoms with Crippen molar-refractivity contribution in [3.05, 3.63) is 12.1 Å². The van der Waals surface area contributed by atoms with Gasteiger partial charge in [-0.05, 0) is 18.1 Å². The van der Waals surface area contributed by atoms with Crippen LogP contribution in [-0.2, 0) is 0 Å². The lowest BCUT2D eigenvalue weighted by Gasteiger charge is -2.14. The minimum absolute atomic E-state index is 0.226. The molecule has 0 bridgehead atoms. The lowest BCUT2D eigenvalue weighted by Crippen LogP contribution is -2.25. The Morgan fingerprint density at radius 1 is 1.43 bits per heavy atom. The Hall–Kier alpha value is -1.36. The molecule has 0 aliphatic heterocycles. The van der Waals surface area contributed by atoms with Gasteiger partial charge in [0.1, 0.15) is 11.6 Å². The van der Waals surface area contributed by atoms with Crippen LogP contribution in [0.4, 0.5) is 11.6 Å². The van der Waals surface area contributed by atoms with Crippen molar-refractivity contribution in [3.8, 4) is 0 Å². The Labute approximate surface area is 83.3 Å². The fourth-order valence-electron chi connectivity index (χ4n) is 0.882. The second kappa shape index (κ2) is 4.76. The maximum Gasteiger partial charge on any atom is 0.148 e. The van der Waals surface area contributed by atoms with E-state index in [2.05, 4.69) is 15.5 Å². The molecule has 5 heteroatoms. The fraction of sp³-hybridized carbons (Fsp3) is 0.556. The number of nitrogens with one attached hydrogen (secondary N) is 1. The van der Waals surface area contributed by atoms with E-state index in [1.54, 1.807) is 12.1 Å². The summed E-state index contributed by atoms with van der Waals surface area (Å²) in [6.45, 7) is 4.39. The van der Waals surface area contributed by atoms with Crippen LogP contribution < -0.4 is 11.1 Å². The predicted molar refractivity (Wildman–Crippen MR) is 55.8 cm³/mol. The van der Waals surface area contributed by atoms with E-state index in [1.165, 1.54) is 0 Å². The number of nitrogen functional groups attached to an aromatic ring is 1. The predicted octanol–water partition coefficient (Wildman–Crippen LogP) is 0.488. The molecule has 0 amide bonds. The van der Waals surface area contributed by atoms with E-state index in [1.807, 2.05) is 13.8 Å². The van der Waals surface area contributed by atoms with Crippen molar-refractivity contribution in [3.63, 3.8) is 0 Å². The van der Waals surface area contributed by atoms with Crippen LogP contribution in [0, 0.1) is 5.92 Å². The van der Waals surface area contributed by atoms with E-state index < -0.39 is 0 Å². The third kappa shape index (κ3) is 3.18.